The number of allylic oxidation sites excluding steroid dienone is 1. The number of hydrogen-bond donors (Lipinski definition) is 2. The zero-order chi connectivity index (χ0) is 24.1. The summed E-state index contributed by atoms with van der Waals surface area (Å²) < 4.78 is 11.7. The summed E-state index contributed by atoms with van der Waals surface area (Å²) in [6.45, 7) is -0.229. The Bertz CT molecular complexity index is 1490. The molecule has 2 aromatic carbocycles. The molecule has 0 fully saturated rings. The minimum absolute atomic E-state index is 0.153. The molecule has 1 amide bonds. The van der Waals surface area contributed by atoms with Gasteiger partial charge in [-0.05, 0) is 42.0 Å². The Hall–Kier alpha value is -4.01. The predicted molar refractivity (Wildman–Crippen MR) is 133 cm³/mol. The average Bonchev–Trinajstić information content (AvgIpc) is 3.34. The van der Waals surface area contributed by atoms with Crippen LogP contribution >= 0.6 is 27.3 Å². The van der Waals surface area contributed by atoms with E-state index in [1.54, 1.807) is 54.1 Å². The molecule has 4 aromatic rings. The summed E-state index contributed by atoms with van der Waals surface area (Å²) in [5.74, 6) is 0.528. The molecule has 0 aliphatic rings. The molecular weight excluding hydrogens is 522 g/mol. The third-order valence-corrected chi connectivity index (χ3v) is 5.76. The highest BCUT2D eigenvalue weighted by Crippen LogP contribution is 2.30. The Labute approximate surface area is 205 Å². The van der Waals surface area contributed by atoms with E-state index in [0.717, 1.165) is 4.47 Å². The summed E-state index contributed by atoms with van der Waals surface area (Å²) >= 11 is 4.64. The number of nitrogens with zero attached hydrogens (tertiary/aromatic N) is 3. The number of anilines is 1. The number of amides is 1. The van der Waals surface area contributed by atoms with E-state index in [4.69, 9.17) is 9.47 Å². The van der Waals surface area contributed by atoms with Gasteiger partial charge in [0, 0.05) is 16.0 Å². The monoisotopic (exact) mass is 537 g/mol. The Morgan fingerprint density at radius 2 is 2.15 bits per heavy atom. The fourth-order valence-electron chi connectivity index (χ4n) is 3.04. The third-order valence-electron chi connectivity index (χ3n) is 4.58. The van der Waals surface area contributed by atoms with Crippen molar-refractivity contribution >= 4 is 60.9 Å². The molecule has 34 heavy (non-hydrogen) atoms. The largest absolute Gasteiger partial charge is 0.493 e. The van der Waals surface area contributed by atoms with Crippen molar-refractivity contribution in [2.45, 2.75) is 0 Å². The van der Waals surface area contributed by atoms with Crippen molar-refractivity contribution in [3.05, 3.63) is 74.2 Å². The highest BCUT2D eigenvalue weighted by atomic mass is 79.9. The molecule has 2 aromatic heterocycles. The first-order valence-electron chi connectivity index (χ1n) is 9.79. The second-order valence-corrected chi connectivity index (χ2v) is 8.64. The first kappa shape index (κ1) is 23.2. The van der Waals surface area contributed by atoms with Gasteiger partial charge in [-0.15, -0.1) is 11.3 Å². The van der Waals surface area contributed by atoms with Gasteiger partial charge in [-0.3, -0.25) is 14.9 Å². The zero-order valence-electron chi connectivity index (χ0n) is 17.7. The molecule has 9 nitrogen and oxygen atoms in total. The number of aromatic nitrogens is 3. The van der Waals surface area contributed by atoms with Gasteiger partial charge in [0.2, 0.25) is 0 Å². The predicted octanol–water partition coefficient (Wildman–Crippen LogP) is 4.23. The number of thiazole rings is 1. The molecule has 0 bridgehead atoms. The van der Waals surface area contributed by atoms with Crippen LogP contribution in [0.15, 0.2) is 57.2 Å². The number of carbonyl (C=O) groups is 1. The normalized spacial score (nSPS) is 11.1. The third kappa shape index (κ3) is 5.31. The van der Waals surface area contributed by atoms with Gasteiger partial charge >= 0.3 is 0 Å². The maximum atomic E-state index is 12.5. The Morgan fingerprint density at radius 1 is 1.29 bits per heavy atom. The minimum atomic E-state index is -0.355. The van der Waals surface area contributed by atoms with Gasteiger partial charge in [0.15, 0.2) is 29.1 Å². The van der Waals surface area contributed by atoms with Gasteiger partial charge in [0.25, 0.3) is 11.5 Å². The fourth-order valence-corrected chi connectivity index (χ4v) is 3.94. The van der Waals surface area contributed by atoms with Crippen molar-refractivity contribution in [1.29, 1.82) is 5.26 Å². The number of methoxy groups -OCH3 is 1. The van der Waals surface area contributed by atoms with Gasteiger partial charge in [-0.2, -0.15) is 5.26 Å². The average molecular weight is 538 g/mol. The van der Waals surface area contributed by atoms with Crippen molar-refractivity contribution < 1.29 is 14.3 Å². The molecule has 0 radical (unpaired) electrons. The van der Waals surface area contributed by atoms with Crippen molar-refractivity contribution in [2.24, 2.45) is 0 Å². The lowest BCUT2D eigenvalue weighted by Gasteiger charge is -2.11. The minimum Gasteiger partial charge on any atom is -0.493 e. The molecular formula is C23H16BrN5O4S. The van der Waals surface area contributed by atoms with Gasteiger partial charge in [-0.1, -0.05) is 22.0 Å². The van der Waals surface area contributed by atoms with E-state index >= 15 is 0 Å². The Kier molecular flexibility index (Phi) is 7.01. The maximum absolute atomic E-state index is 12.5. The van der Waals surface area contributed by atoms with Crippen LogP contribution in [-0.2, 0) is 4.79 Å². The molecule has 2 heterocycles. The number of H-pyrrole nitrogens is 1. The van der Waals surface area contributed by atoms with Crippen LogP contribution in [-0.4, -0.2) is 34.6 Å². The molecule has 0 spiro atoms. The summed E-state index contributed by atoms with van der Waals surface area (Å²) in [5, 5.41) is 15.0. The standard InChI is InChI=1S/C23H16BrN5O4S/c1-32-19-9-13(2-5-18(19)33-12-20(30)28-23-26-6-7-34-23)8-14(11-25)21-27-17-4-3-15(24)10-16(17)22(31)29-21/h2-10H,12H2,1H3,(H,26,28,30)(H,27,29,31)/b14-8+. The first-order valence-corrected chi connectivity index (χ1v) is 11.5. The van der Waals surface area contributed by atoms with Crippen LogP contribution in [0.4, 0.5) is 5.13 Å². The van der Waals surface area contributed by atoms with Crippen molar-refractivity contribution in [3.63, 3.8) is 0 Å². The Balaban J connectivity index is 1.56. The lowest BCUT2D eigenvalue weighted by molar-refractivity contribution is -0.118. The lowest BCUT2D eigenvalue weighted by atomic mass is 10.1. The number of aromatic amines is 1. The van der Waals surface area contributed by atoms with E-state index in [1.807, 2.05) is 0 Å². The maximum Gasteiger partial charge on any atom is 0.264 e. The molecule has 0 saturated carbocycles. The summed E-state index contributed by atoms with van der Waals surface area (Å²) in [7, 11) is 1.47. The van der Waals surface area contributed by atoms with Gasteiger partial charge in [-0.25, -0.2) is 9.97 Å². The molecule has 0 unspecified atom stereocenters. The number of benzene rings is 2. The van der Waals surface area contributed by atoms with Gasteiger partial charge in [0.05, 0.1) is 23.6 Å². The van der Waals surface area contributed by atoms with Crippen LogP contribution in [0.5, 0.6) is 11.5 Å². The number of ether oxygens (including phenoxy) is 2. The molecule has 0 atom stereocenters. The number of fused-ring (bicyclic) bond motifs is 1. The quantitative estimate of drug-likeness (QED) is 0.337. The number of halogens is 1. The molecule has 0 saturated heterocycles. The number of hydrogen-bond acceptors (Lipinski definition) is 8. The number of nitrogens with one attached hydrogen (secondary N) is 2. The van der Waals surface area contributed by atoms with E-state index < -0.39 is 0 Å². The van der Waals surface area contributed by atoms with Gasteiger partial charge < -0.3 is 14.5 Å². The smallest absolute Gasteiger partial charge is 0.264 e. The highest BCUT2D eigenvalue weighted by molar-refractivity contribution is 9.10. The van der Waals surface area contributed by atoms with Gasteiger partial charge in [0.1, 0.15) is 6.07 Å². The molecule has 0 aliphatic carbocycles. The van der Waals surface area contributed by atoms with Crippen LogP contribution in [0, 0.1) is 11.3 Å². The number of carbonyl (C=O) groups excluding carboxylic acids is 1. The summed E-state index contributed by atoms with van der Waals surface area (Å²) in [6.07, 6.45) is 3.17. The van der Waals surface area contributed by atoms with Crippen LogP contribution in [0.3, 0.4) is 0 Å². The molecule has 2 N–H and O–H groups in total. The van der Waals surface area contributed by atoms with Crippen molar-refractivity contribution in [2.75, 3.05) is 19.0 Å². The lowest BCUT2D eigenvalue weighted by Crippen LogP contribution is -2.20. The molecule has 11 heteroatoms. The van der Waals surface area contributed by atoms with Crippen molar-refractivity contribution in [3.8, 4) is 17.6 Å². The first-order chi connectivity index (χ1) is 16.5. The zero-order valence-corrected chi connectivity index (χ0v) is 20.1. The summed E-state index contributed by atoms with van der Waals surface area (Å²) in [6, 6.07) is 12.2. The van der Waals surface area contributed by atoms with Crippen molar-refractivity contribution in [1.82, 2.24) is 15.0 Å². The van der Waals surface area contributed by atoms with E-state index in [1.165, 1.54) is 18.4 Å². The van der Waals surface area contributed by atoms with E-state index in [2.05, 4.69) is 42.3 Å². The van der Waals surface area contributed by atoms with E-state index in [9.17, 15) is 14.9 Å². The van der Waals surface area contributed by atoms with E-state index in [0.29, 0.717) is 33.1 Å². The molecule has 170 valence electrons. The summed E-state index contributed by atoms with van der Waals surface area (Å²) in [5.41, 5.74) is 0.910. The number of rotatable bonds is 7. The second kappa shape index (κ2) is 10.3. The van der Waals surface area contributed by atoms with Crippen LogP contribution in [0.1, 0.15) is 11.4 Å². The van der Waals surface area contributed by atoms with Crippen LogP contribution in [0.2, 0.25) is 0 Å². The second-order valence-electron chi connectivity index (χ2n) is 6.83. The Morgan fingerprint density at radius 3 is 2.88 bits per heavy atom. The van der Waals surface area contributed by atoms with Crippen LogP contribution < -0.4 is 20.3 Å². The fraction of sp³-hybridized carbons (Fsp3) is 0.0870. The number of nitriles is 1. The summed E-state index contributed by atoms with van der Waals surface area (Å²) in [4.78, 5) is 35.6. The molecule has 4 rings (SSSR count). The SMILES string of the molecule is COc1cc(/C=C(\C#N)c2nc3ccc(Br)cc3c(=O)[nH]2)ccc1OCC(=O)Nc1nccs1. The van der Waals surface area contributed by atoms with Crippen LogP contribution in [0.25, 0.3) is 22.6 Å². The van der Waals surface area contributed by atoms with E-state index in [-0.39, 0.29) is 29.5 Å². The molecule has 0 aliphatic heterocycles. The highest BCUT2D eigenvalue weighted by Gasteiger charge is 2.12. The topological polar surface area (TPSA) is 130 Å².